The topological polar surface area (TPSA) is 65.8 Å². The molecule has 1 saturated heterocycles. The standard InChI is InChI=1S/C15H19N3O3/c1-8-5-16-7-11-17(10-3-4-10)6-9(2)18(11)15(21)12(16)14(20)13(8)19/h5,9-11,20H,3-4,6-7H2,1-2H3/t9-,11+/m0/s1. The molecule has 6 heteroatoms. The fourth-order valence-electron chi connectivity index (χ4n) is 3.75. The number of aromatic nitrogens is 1. The maximum atomic E-state index is 12.8. The van der Waals surface area contributed by atoms with Gasteiger partial charge in [-0.15, -0.1) is 0 Å². The van der Waals surface area contributed by atoms with E-state index in [-0.39, 0.29) is 23.8 Å². The van der Waals surface area contributed by atoms with Crippen LogP contribution in [-0.2, 0) is 6.54 Å². The zero-order valence-electron chi connectivity index (χ0n) is 12.2. The third-order valence-electron chi connectivity index (χ3n) is 4.90. The molecule has 2 atom stereocenters. The molecule has 1 aliphatic carbocycles. The van der Waals surface area contributed by atoms with E-state index in [0.717, 1.165) is 6.54 Å². The van der Waals surface area contributed by atoms with Crippen molar-refractivity contribution < 1.29 is 9.90 Å². The Labute approximate surface area is 122 Å². The van der Waals surface area contributed by atoms with Crippen molar-refractivity contribution in [2.45, 2.75) is 51.5 Å². The van der Waals surface area contributed by atoms with Crippen molar-refractivity contribution in [2.24, 2.45) is 0 Å². The minimum absolute atomic E-state index is 0.0498. The summed E-state index contributed by atoms with van der Waals surface area (Å²) >= 11 is 0. The number of amides is 1. The Morgan fingerprint density at radius 2 is 1.95 bits per heavy atom. The van der Waals surface area contributed by atoms with Gasteiger partial charge in [-0.3, -0.25) is 14.5 Å². The first-order valence-electron chi connectivity index (χ1n) is 7.50. The van der Waals surface area contributed by atoms with Gasteiger partial charge in [-0.2, -0.15) is 0 Å². The molecule has 3 aliphatic rings. The van der Waals surface area contributed by atoms with Crippen LogP contribution in [0.25, 0.3) is 0 Å². The number of carbonyl (C=O) groups excluding carboxylic acids is 1. The Morgan fingerprint density at radius 3 is 2.62 bits per heavy atom. The van der Waals surface area contributed by atoms with Crippen molar-refractivity contribution in [3.05, 3.63) is 27.7 Å². The van der Waals surface area contributed by atoms with Gasteiger partial charge >= 0.3 is 0 Å². The highest BCUT2D eigenvalue weighted by Gasteiger charge is 2.49. The number of hydrogen-bond donors (Lipinski definition) is 1. The van der Waals surface area contributed by atoms with E-state index in [1.165, 1.54) is 12.8 Å². The Bertz CT molecular complexity index is 692. The summed E-state index contributed by atoms with van der Waals surface area (Å²) in [5, 5.41) is 10.1. The highest BCUT2D eigenvalue weighted by molar-refractivity contribution is 5.96. The average molecular weight is 289 g/mol. The largest absolute Gasteiger partial charge is 0.503 e. The third kappa shape index (κ3) is 1.68. The predicted molar refractivity (Wildman–Crippen MR) is 76.3 cm³/mol. The molecule has 112 valence electrons. The highest BCUT2D eigenvalue weighted by atomic mass is 16.3. The molecule has 1 amide bonds. The molecule has 0 unspecified atom stereocenters. The van der Waals surface area contributed by atoms with Crippen molar-refractivity contribution in [3.8, 4) is 5.75 Å². The molecule has 21 heavy (non-hydrogen) atoms. The van der Waals surface area contributed by atoms with Crippen molar-refractivity contribution in [3.63, 3.8) is 0 Å². The van der Waals surface area contributed by atoms with Crippen LogP contribution in [0.5, 0.6) is 5.75 Å². The lowest BCUT2D eigenvalue weighted by Crippen LogP contribution is -2.52. The first kappa shape index (κ1) is 12.9. The lowest BCUT2D eigenvalue weighted by Gasteiger charge is -2.37. The Morgan fingerprint density at radius 1 is 1.24 bits per heavy atom. The van der Waals surface area contributed by atoms with Crippen molar-refractivity contribution >= 4 is 5.91 Å². The maximum Gasteiger partial charge on any atom is 0.276 e. The average Bonchev–Trinajstić information content (AvgIpc) is 3.21. The molecule has 4 rings (SSSR count). The van der Waals surface area contributed by atoms with Crippen LogP contribution in [-0.4, -0.2) is 50.2 Å². The molecule has 3 heterocycles. The second-order valence-electron chi connectivity index (χ2n) is 6.46. The smallest absolute Gasteiger partial charge is 0.276 e. The van der Waals surface area contributed by atoms with Gasteiger partial charge < -0.3 is 14.6 Å². The molecular weight excluding hydrogens is 270 g/mol. The lowest BCUT2D eigenvalue weighted by molar-refractivity contribution is 0.0442. The molecule has 0 radical (unpaired) electrons. The van der Waals surface area contributed by atoms with Crippen LogP contribution in [0.1, 0.15) is 35.8 Å². The SMILES string of the molecule is Cc1cn2c(c(O)c1=O)C(=O)N1[C@H](C2)N(C2CC2)C[C@@H]1C. The van der Waals surface area contributed by atoms with Gasteiger partial charge in [0.1, 0.15) is 6.17 Å². The maximum absolute atomic E-state index is 12.8. The van der Waals surface area contributed by atoms with Crippen LogP contribution < -0.4 is 5.43 Å². The Balaban J connectivity index is 1.84. The summed E-state index contributed by atoms with van der Waals surface area (Å²) in [4.78, 5) is 28.9. The monoisotopic (exact) mass is 289 g/mol. The quantitative estimate of drug-likeness (QED) is 0.818. The fourth-order valence-corrected chi connectivity index (χ4v) is 3.75. The molecule has 0 spiro atoms. The molecule has 2 fully saturated rings. The van der Waals surface area contributed by atoms with Gasteiger partial charge in [0.2, 0.25) is 5.43 Å². The van der Waals surface area contributed by atoms with Gasteiger partial charge in [-0.05, 0) is 26.7 Å². The summed E-state index contributed by atoms with van der Waals surface area (Å²) in [6.07, 6.45) is 4.15. The zero-order valence-corrected chi connectivity index (χ0v) is 12.2. The van der Waals surface area contributed by atoms with Gasteiger partial charge in [0.25, 0.3) is 5.91 Å². The second-order valence-corrected chi connectivity index (χ2v) is 6.46. The second kappa shape index (κ2) is 4.10. The molecule has 1 aromatic rings. The summed E-state index contributed by atoms with van der Waals surface area (Å²) in [5.41, 5.74) is 0.173. The number of pyridine rings is 1. The third-order valence-corrected chi connectivity index (χ3v) is 4.90. The summed E-state index contributed by atoms with van der Waals surface area (Å²) in [7, 11) is 0. The van der Waals surface area contributed by atoms with E-state index >= 15 is 0 Å². The lowest BCUT2D eigenvalue weighted by atomic mass is 10.1. The van der Waals surface area contributed by atoms with Crippen LogP contribution in [0.4, 0.5) is 0 Å². The van der Waals surface area contributed by atoms with E-state index < -0.39 is 11.2 Å². The normalized spacial score (nSPS) is 28.7. The summed E-state index contributed by atoms with van der Waals surface area (Å²) < 4.78 is 1.75. The van der Waals surface area contributed by atoms with Crippen LogP contribution in [0, 0.1) is 6.92 Å². The highest BCUT2D eigenvalue weighted by Crippen LogP contribution is 2.38. The molecule has 6 nitrogen and oxygen atoms in total. The Hall–Kier alpha value is -1.82. The number of aryl methyl sites for hydroxylation is 1. The number of fused-ring (bicyclic) bond motifs is 2. The number of aromatic hydroxyl groups is 1. The van der Waals surface area contributed by atoms with Gasteiger partial charge in [0.05, 0.1) is 6.54 Å². The van der Waals surface area contributed by atoms with Crippen molar-refractivity contribution in [2.75, 3.05) is 6.54 Å². The predicted octanol–water partition coefficient (Wildman–Crippen LogP) is 0.511. The van der Waals surface area contributed by atoms with Crippen LogP contribution in [0.2, 0.25) is 0 Å². The van der Waals surface area contributed by atoms with Crippen molar-refractivity contribution in [1.29, 1.82) is 0 Å². The van der Waals surface area contributed by atoms with E-state index in [4.69, 9.17) is 0 Å². The molecular formula is C15H19N3O3. The first-order chi connectivity index (χ1) is 9.99. The van der Waals surface area contributed by atoms with Gasteiger partial charge in [0.15, 0.2) is 11.4 Å². The molecule has 1 aromatic heterocycles. The molecule has 0 aromatic carbocycles. The minimum atomic E-state index is -0.445. The fraction of sp³-hybridized carbons (Fsp3) is 0.600. The molecule has 1 N–H and O–H groups in total. The summed E-state index contributed by atoms with van der Waals surface area (Å²) in [5.74, 6) is -0.632. The number of carbonyl (C=O) groups is 1. The first-order valence-corrected chi connectivity index (χ1v) is 7.50. The van der Waals surface area contributed by atoms with Crippen molar-refractivity contribution in [1.82, 2.24) is 14.4 Å². The van der Waals surface area contributed by atoms with Gasteiger partial charge in [0, 0.05) is 30.4 Å². The van der Waals surface area contributed by atoms with Crippen LogP contribution in [0.3, 0.4) is 0 Å². The van der Waals surface area contributed by atoms with Crippen LogP contribution >= 0.6 is 0 Å². The van der Waals surface area contributed by atoms with E-state index in [1.807, 2.05) is 11.8 Å². The summed E-state index contributed by atoms with van der Waals surface area (Å²) in [6.45, 7) is 5.20. The molecule has 0 bridgehead atoms. The number of rotatable bonds is 1. The summed E-state index contributed by atoms with van der Waals surface area (Å²) in [6, 6.07) is 0.707. The van der Waals surface area contributed by atoms with Gasteiger partial charge in [-0.1, -0.05) is 0 Å². The van der Waals surface area contributed by atoms with Gasteiger partial charge in [-0.25, -0.2) is 0 Å². The molecule has 1 saturated carbocycles. The van der Waals surface area contributed by atoms with Crippen LogP contribution in [0.15, 0.2) is 11.0 Å². The minimum Gasteiger partial charge on any atom is -0.503 e. The van der Waals surface area contributed by atoms with E-state index in [0.29, 0.717) is 18.2 Å². The number of hydrogen-bond acceptors (Lipinski definition) is 4. The van der Waals surface area contributed by atoms with E-state index in [2.05, 4.69) is 4.90 Å². The number of nitrogens with zero attached hydrogens (tertiary/aromatic N) is 3. The Kier molecular flexibility index (Phi) is 2.52. The molecule has 2 aliphatic heterocycles. The van der Waals surface area contributed by atoms with E-state index in [9.17, 15) is 14.7 Å². The van der Waals surface area contributed by atoms with E-state index in [1.54, 1.807) is 17.7 Å². The zero-order chi connectivity index (χ0) is 14.9.